The van der Waals surface area contributed by atoms with Crippen molar-refractivity contribution in [2.75, 3.05) is 7.11 Å². The lowest BCUT2D eigenvalue weighted by atomic mass is 10.0. The third-order valence-electron chi connectivity index (χ3n) is 2.92. The number of allylic oxidation sites excluding steroid dienone is 1. The second-order valence-electron chi connectivity index (χ2n) is 4.21. The Bertz CT molecular complexity index is 822. The highest BCUT2D eigenvalue weighted by Gasteiger charge is 2.14. The van der Waals surface area contributed by atoms with Crippen LogP contribution in [-0.4, -0.2) is 13.1 Å². The third-order valence-corrected chi connectivity index (χ3v) is 3.24. The lowest BCUT2D eigenvalue weighted by molar-refractivity contribution is 0.0601. The molecule has 0 aliphatic heterocycles. The molecule has 0 spiro atoms. The molecule has 2 aromatic rings. The van der Waals surface area contributed by atoms with Crippen molar-refractivity contribution in [3.63, 3.8) is 0 Å². The molecule has 2 rings (SSSR count). The van der Waals surface area contributed by atoms with Gasteiger partial charge >= 0.3 is 5.97 Å². The Morgan fingerprint density at radius 1 is 1.32 bits per heavy atom. The van der Waals surface area contributed by atoms with Crippen molar-refractivity contribution in [1.29, 1.82) is 10.5 Å². The summed E-state index contributed by atoms with van der Waals surface area (Å²) in [5, 5.41) is 17.9. The molecule has 0 N–H and O–H groups in total. The Morgan fingerprint density at radius 3 is 2.68 bits per heavy atom. The molecule has 0 amide bonds. The van der Waals surface area contributed by atoms with Gasteiger partial charge in [0, 0.05) is 11.1 Å². The van der Waals surface area contributed by atoms with Crippen LogP contribution < -0.4 is 0 Å². The zero-order valence-corrected chi connectivity index (χ0v) is 12.2. The van der Waals surface area contributed by atoms with Gasteiger partial charge in [-0.15, -0.1) is 0 Å². The number of nitriles is 2. The minimum Gasteiger partial charge on any atom is -0.471 e. The number of hydrogen-bond donors (Lipinski definition) is 0. The van der Waals surface area contributed by atoms with Crippen molar-refractivity contribution in [2.45, 2.75) is 0 Å². The van der Waals surface area contributed by atoms with Crippen LogP contribution in [0, 0.1) is 22.7 Å². The SMILES string of the molecule is COC(=O)c1cc(-c2cocc2C=C(C#N)C#N)ccc1Cl. The maximum atomic E-state index is 11.7. The Balaban J connectivity index is 2.54. The van der Waals surface area contributed by atoms with Gasteiger partial charge in [0.2, 0.25) is 0 Å². The molecule has 0 radical (unpaired) electrons. The highest BCUT2D eigenvalue weighted by Crippen LogP contribution is 2.30. The zero-order chi connectivity index (χ0) is 16.1. The van der Waals surface area contributed by atoms with E-state index in [1.54, 1.807) is 30.3 Å². The second kappa shape index (κ2) is 6.62. The molecule has 0 atom stereocenters. The first kappa shape index (κ1) is 15.4. The molecule has 1 aromatic carbocycles. The average Bonchev–Trinajstić information content (AvgIpc) is 3.00. The molecule has 0 saturated carbocycles. The number of carbonyl (C=O) groups excluding carboxylic acids is 1. The van der Waals surface area contributed by atoms with Crippen LogP contribution in [-0.2, 0) is 4.74 Å². The Labute approximate surface area is 131 Å². The van der Waals surface area contributed by atoms with Crippen molar-refractivity contribution in [2.24, 2.45) is 0 Å². The molecule has 0 fully saturated rings. The van der Waals surface area contributed by atoms with Gasteiger partial charge in [-0.25, -0.2) is 4.79 Å². The van der Waals surface area contributed by atoms with E-state index in [4.69, 9.17) is 26.5 Å². The van der Waals surface area contributed by atoms with Crippen LogP contribution in [0.5, 0.6) is 0 Å². The molecule has 0 aliphatic carbocycles. The molecular formula is C16H9ClN2O3. The summed E-state index contributed by atoms with van der Waals surface area (Å²) in [4.78, 5) is 11.7. The number of furan rings is 1. The van der Waals surface area contributed by atoms with Crippen molar-refractivity contribution in [3.8, 4) is 23.3 Å². The summed E-state index contributed by atoms with van der Waals surface area (Å²) in [6.45, 7) is 0. The van der Waals surface area contributed by atoms with Gasteiger partial charge in [-0.3, -0.25) is 0 Å². The normalized spacial score (nSPS) is 9.45. The van der Waals surface area contributed by atoms with Crippen LogP contribution >= 0.6 is 11.6 Å². The summed E-state index contributed by atoms with van der Waals surface area (Å²) in [6.07, 6.45) is 4.28. The van der Waals surface area contributed by atoms with E-state index >= 15 is 0 Å². The fourth-order valence-electron chi connectivity index (χ4n) is 1.86. The first-order valence-corrected chi connectivity index (χ1v) is 6.44. The van der Waals surface area contributed by atoms with Crippen molar-refractivity contribution >= 4 is 23.6 Å². The molecule has 5 nitrogen and oxygen atoms in total. The van der Waals surface area contributed by atoms with Crippen LogP contribution in [0.1, 0.15) is 15.9 Å². The standard InChI is InChI=1S/C16H9ClN2O3/c1-21-16(20)13-5-11(2-3-15(13)17)14-9-22-8-12(14)4-10(6-18)7-19/h2-5,8-9H,1H3. The number of methoxy groups -OCH3 is 1. The summed E-state index contributed by atoms with van der Waals surface area (Å²) in [5.41, 5.74) is 2.00. The average molecular weight is 313 g/mol. The number of benzene rings is 1. The predicted molar refractivity (Wildman–Crippen MR) is 79.7 cm³/mol. The Morgan fingerprint density at radius 2 is 2.05 bits per heavy atom. The first-order valence-electron chi connectivity index (χ1n) is 6.07. The Hall–Kier alpha value is -3.02. The molecule has 22 heavy (non-hydrogen) atoms. The molecule has 0 saturated heterocycles. The molecule has 0 unspecified atom stereocenters. The van der Waals surface area contributed by atoms with E-state index in [9.17, 15) is 4.79 Å². The summed E-state index contributed by atoms with van der Waals surface area (Å²) in [7, 11) is 1.27. The van der Waals surface area contributed by atoms with Crippen LogP contribution in [0.15, 0.2) is 40.7 Å². The number of halogens is 1. The summed E-state index contributed by atoms with van der Waals surface area (Å²) >= 11 is 5.98. The van der Waals surface area contributed by atoms with Gasteiger partial charge in [0.25, 0.3) is 0 Å². The largest absolute Gasteiger partial charge is 0.471 e. The topological polar surface area (TPSA) is 87.0 Å². The smallest absolute Gasteiger partial charge is 0.339 e. The van der Waals surface area contributed by atoms with E-state index in [0.717, 1.165) is 0 Å². The van der Waals surface area contributed by atoms with Gasteiger partial charge in [0.1, 0.15) is 17.7 Å². The monoisotopic (exact) mass is 312 g/mol. The number of nitrogens with zero attached hydrogens (tertiary/aromatic N) is 2. The van der Waals surface area contributed by atoms with E-state index in [0.29, 0.717) is 16.7 Å². The maximum absolute atomic E-state index is 11.7. The predicted octanol–water partition coefficient (Wildman–Crippen LogP) is 3.82. The Kier molecular flexibility index (Phi) is 4.63. The summed E-state index contributed by atoms with van der Waals surface area (Å²) < 4.78 is 9.81. The quantitative estimate of drug-likeness (QED) is 0.635. The molecule has 0 bridgehead atoms. The van der Waals surface area contributed by atoms with Crippen molar-refractivity contribution < 1.29 is 13.9 Å². The van der Waals surface area contributed by atoms with Gasteiger partial charge in [0.05, 0.1) is 30.2 Å². The number of hydrogen-bond acceptors (Lipinski definition) is 5. The van der Waals surface area contributed by atoms with Gasteiger partial charge in [-0.2, -0.15) is 10.5 Å². The van der Waals surface area contributed by atoms with E-state index < -0.39 is 5.97 Å². The van der Waals surface area contributed by atoms with Gasteiger partial charge in [-0.1, -0.05) is 17.7 Å². The van der Waals surface area contributed by atoms with Crippen LogP contribution in [0.2, 0.25) is 5.02 Å². The highest BCUT2D eigenvalue weighted by atomic mass is 35.5. The van der Waals surface area contributed by atoms with E-state index in [1.165, 1.54) is 25.7 Å². The van der Waals surface area contributed by atoms with Crippen LogP contribution in [0.4, 0.5) is 0 Å². The van der Waals surface area contributed by atoms with Gasteiger partial charge < -0.3 is 9.15 Å². The number of rotatable bonds is 3. The molecule has 1 aromatic heterocycles. The minimum absolute atomic E-state index is 0.0511. The zero-order valence-electron chi connectivity index (χ0n) is 11.5. The van der Waals surface area contributed by atoms with Gasteiger partial charge in [-0.05, 0) is 23.8 Å². The minimum atomic E-state index is -0.554. The van der Waals surface area contributed by atoms with E-state index in [2.05, 4.69) is 4.74 Å². The van der Waals surface area contributed by atoms with E-state index in [1.807, 2.05) is 0 Å². The fourth-order valence-corrected chi connectivity index (χ4v) is 2.05. The van der Waals surface area contributed by atoms with Crippen LogP contribution in [0.3, 0.4) is 0 Å². The van der Waals surface area contributed by atoms with E-state index in [-0.39, 0.29) is 16.2 Å². The first-order chi connectivity index (χ1) is 10.6. The maximum Gasteiger partial charge on any atom is 0.339 e. The summed E-state index contributed by atoms with van der Waals surface area (Å²) in [5.74, 6) is -0.554. The lowest BCUT2D eigenvalue weighted by Gasteiger charge is -2.05. The third kappa shape index (κ3) is 3.01. The molecule has 108 valence electrons. The number of esters is 1. The van der Waals surface area contributed by atoms with Gasteiger partial charge in [0.15, 0.2) is 0 Å². The second-order valence-corrected chi connectivity index (χ2v) is 4.62. The molecule has 6 heteroatoms. The van der Waals surface area contributed by atoms with Crippen molar-refractivity contribution in [1.82, 2.24) is 0 Å². The molecular weight excluding hydrogens is 304 g/mol. The molecule has 0 aliphatic rings. The number of ether oxygens (including phenoxy) is 1. The van der Waals surface area contributed by atoms with Crippen LogP contribution in [0.25, 0.3) is 17.2 Å². The molecule has 1 heterocycles. The highest BCUT2D eigenvalue weighted by molar-refractivity contribution is 6.33. The fraction of sp³-hybridized carbons (Fsp3) is 0.0625. The lowest BCUT2D eigenvalue weighted by Crippen LogP contribution is -2.02. The summed E-state index contributed by atoms with van der Waals surface area (Å²) in [6, 6.07) is 8.40. The van der Waals surface area contributed by atoms with Crippen molar-refractivity contribution in [3.05, 3.63) is 52.4 Å². The number of carbonyl (C=O) groups is 1.